The molecule has 0 saturated carbocycles. The van der Waals surface area contributed by atoms with E-state index in [2.05, 4.69) is 10.6 Å². The molecule has 1 heterocycles. The van der Waals surface area contributed by atoms with Gasteiger partial charge in [-0.1, -0.05) is 78.9 Å². The van der Waals surface area contributed by atoms with Crippen LogP contribution in [-0.4, -0.2) is 24.4 Å². The zero-order valence-electron chi connectivity index (χ0n) is 23.1. The summed E-state index contributed by atoms with van der Waals surface area (Å²) in [6, 6.07) is 31.5. The predicted octanol–water partition coefficient (Wildman–Crippen LogP) is 8.46. The third-order valence-electron chi connectivity index (χ3n) is 6.40. The molecule has 0 aliphatic carbocycles. The molecule has 9 heteroatoms. The first-order valence-electron chi connectivity index (χ1n) is 13.5. The van der Waals surface area contributed by atoms with E-state index >= 15 is 0 Å². The molecule has 43 heavy (non-hydrogen) atoms. The molecule has 5 rings (SSSR count). The summed E-state index contributed by atoms with van der Waals surface area (Å²) in [4.78, 5) is 40.3. The van der Waals surface area contributed by atoms with Gasteiger partial charge in [0.1, 0.15) is 21.6 Å². The van der Waals surface area contributed by atoms with E-state index < -0.39 is 22.9 Å². The van der Waals surface area contributed by atoms with Crippen LogP contribution >= 0.6 is 23.1 Å². The topological polar surface area (TPSA) is 84.5 Å². The van der Waals surface area contributed by atoms with Gasteiger partial charge < -0.3 is 15.4 Å². The first kappa shape index (κ1) is 29.8. The van der Waals surface area contributed by atoms with Gasteiger partial charge in [0.2, 0.25) is 5.91 Å². The number of benzene rings is 4. The molecule has 0 radical (unpaired) electrons. The average Bonchev–Trinajstić information content (AvgIpc) is 3.44. The Morgan fingerprint density at radius 3 is 2.28 bits per heavy atom. The number of carbonyl (C=O) groups excluding carboxylic acids is 3. The molecule has 1 unspecified atom stereocenters. The summed E-state index contributed by atoms with van der Waals surface area (Å²) in [6.07, 6.45) is 0. The summed E-state index contributed by atoms with van der Waals surface area (Å²) in [5, 5.41) is 7.25. The van der Waals surface area contributed by atoms with Crippen molar-refractivity contribution >= 4 is 51.6 Å². The number of rotatable bonds is 10. The van der Waals surface area contributed by atoms with Crippen molar-refractivity contribution < 1.29 is 23.5 Å². The third-order valence-corrected chi connectivity index (χ3v) is 8.54. The average molecular weight is 611 g/mol. The molecule has 216 valence electrons. The van der Waals surface area contributed by atoms with Gasteiger partial charge in [0.15, 0.2) is 0 Å². The van der Waals surface area contributed by atoms with Crippen LogP contribution in [0.15, 0.2) is 119 Å². The normalized spacial score (nSPS) is 11.4. The molecule has 0 aliphatic rings. The molecular formula is C34H27FN2O4S2. The highest BCUT2D eigenvalue weighted by Crippen LogP contribution is 2.40. The largest absolute Gasteiger partial charge is 0.462 e. The Balaban J connectivity index is 1.42. The van der Waals surface area contributed by atoms with Crippen molar-refractivity contribution in [1.82, 2.24) is 0 Å². The molecular weight excluding hydrogens is 584 g/mol. The summed E-state index contributed by atoms with van der Waals surface area (Å²) in [5.41, 5.74) is 2.97. The molecule has 0 bridgehead atoms. The van der Waals surface area contributed by atoms with Gasteiger partial charge in [0.25, 0.3) is 5.91 Å². The maximum Gasteiger partial charge on any atom is 0.341 e. The van der Waals surface area contributed by atoms with Crippen molar-refractivity contribution in [3.05, 3.63) is 137 Å². The Labute approximate surface area is 256 Å². The van der Waals surface area contributed by atoms with E-state index in [1.165, 1.54) is 41.3 Å². The van der Waals surface area contributed by atoms with E-state index in [1.54, 1.807) is 31.2 Å². The number of ether oxygens (including phenoxy) is 1. The lowest BCUT2D eigenvalue weighted by Crippen LogP contribution is -2.20. The number of thioether (sulfide) groups is 1. The van der Waals surface area contributed by atoms with Gasteiger partial charge in [-0.05, 0) is 48.4 Å². The maximum absolute atomic E-state index is 14.1. The molecule has 4 aromatic carbocycles. The Hall–Kier alpha value is -4.73. The van der Waals surface area contributed by atoms with E-state index in [1.807, 2.05) is 72.1 Å². The zero-order valence-corrected chi connectivity index (χ0v) is 24.7. The van der Waals surface area contributed by atoms with Crippen LogP contribution in [-0.2, 0) is 9.53 Å². The van der Waals surface area contributed by atoms with Crippen LogP contribution in [0.25, 0.3) is 11.1 Å². The van der Waals surface area contributed by atoms with Gasteiger partial charge in [-0.25, -0.2) is 9.18 Å². The molecule has 2 N–H and O–H groups in total. The summed E-state index contributed by atoms with van der Waals surface area (Å²) in [6.45, 7) is 1.93. The van der Waals surface area contributed by atoms with Crippen LogP contribution in [0, 0.1) is 5.82 Å². The molecule has 1 aromatic heterocycles. The zero-order chi connectivity index (χ0) is 30.2. The highest BCUT2D eigenvalue weighted by molar-refractivity contribution is 8.00. The van der Waals surface area contributed by atoms with Crippen molar-refractivity contribution in [3.63, 3.8) is 0 Å². The van der Waals surface area contributed by atoms with Gasteiger partial charge in [0, 0.05) is 21.5 Å². The van der Waals surface area contributed by atoms with Crippen LogP contribution in [0.1, 0.15) is 38.5 Å². The number of amides is 2. The fourth-order valence-electron chi connectivity index (χ4n) is 4.39. The van der Waals surface area contributed by atoms with E-state index in [9.17, 15) is 18.8 Å². The smallest absolute Gasteiger partial charge is 0.341 e. The quantitative estimate of drug-likeness (QED) is 0.122. The Kier molecular flexibility index (Phi) is 9.66. The summed E-state index contributed by atoms with van der Waals surface area (Å²) < 4.78 is 19.5. The number of hydrogen-bond acceptors (Lipinski definition) is 6. The summed E-state index contributed by atoms with van der Waals surface area (Å²) in [7, 11) is 0. The SMILES string of the molecule is CCOC(=O)c1c(-c2ccccc2)csc1NC(=O)C(Sc1cccc(NC(=O)c2ccccc2F)c1)c1ccccc1. The van der Waals surface area contributed by atoms with Crippen LogP contribution in [0.4, 0.5) is 15.1 Å². The van der Waals surface area contributed by atoms with Gasteiger partial charge in [-0.2, -0.15) is 0 Å². The first-order valence-corrected chi connectivity index (χ1v) is 15.2. The van der Waals surface area contributed by atoms with Gasteiger partial charge in [-0.3, -0.25) is 9.59 Å². The number of halogens is 1. The standard InChI is InChI=1S/C34H27FN2O4S2/c1-2-41-34(40)29-27(22-12-5-3-6-13-22)21-42-33(29)37-32(39)30(23-14-7-4-8-15-23)43-25-17-11-16-24(20-25)36-31(38)26-18-9-10-19-28(26)35/h3-21,30H,2H2,1H3,(H,36,38)(H,37,39). The molecule has 6 nitrogen and oxygen atoms in total. The van der Waals surface area contributed by atoms with Crippen LogP contribution in [0.3, 0.4) is 0 Å². The Morgan fingerprint density at radius 1 is 0.860 bits per heavy atom. The number of anilines is 2. The molecule has 5 aromatic rings. The predicted molar refractivity (Wildman–Crippen MR) is 170 cm³/mol. The first-order chi connectivity index (χ1) is 20.9. The molecule has 0 saturated heterocycles. The number of thiophene rings is 1. The van der Waals surface area contributed by atoms with E-state index in [4.69, 9.17) is 4.74 Å². The fourth-order valence-corrected chi connectivity index (χ4v) is 6.44. The molecule has 0 fully saturated rings. The van der Waals surface area contributed by atoms with Crippen LogP contribution < -0.4 is 10.6 Å². The van der Waals surface area contributed by atoms with E-state index in [0.717, 1.165) is 11.1 Å². The van der Waals surface area contributed by atoms with Gasteiger partial charge in [0.05, 0.1) is 12.2 Å². The van der Waals surface area contributed by atoms with Crippen molar-refractivity contribution in [2.75, 3.05) is 17.2 Å². The molecule has 2 amide bonds. The van der Waals surface area contributed by atoms with Crippen molar-refractivity contribution in [1.29, 1.82) is 0 Å². The summed E-state index contributed by atoms with van der Waals surface area (Å²) in [5.74, 6) is -2.03. The lowest BCUT2D eigenvalue weighted by Gasteiger charge is -2.18. The number of nitrogens with one attached hydrogen (secondary N) is 2. The number of esters is 1. The molecule has 0 spiro atoms. The lowest BCUT2D eigenvalue weighted by atomic mass is 10.0. The van der Waals surface area contributed by atoms with Crippen LogP contribution in [0.5, 0.6) is 0 Å². The monoisotopic (exact) mass is 610 g/mol. The van der Waals surface area contributed by atoms with Crippen molar-refractivity contribution in [2.24, 2.45) is 0 Å². The molecule has 1 atom stereocenters. The van der Waals surface area contributed by atoms with E-state index in [-0.39, 0.29) is 18.1 Å². The second kappa shape index (κ2) is 14.0. The number of hydrogen-bond donors (Lipinski definition) is 2. The van der Waals surface area contributed by atoms with Crippen molar-refractivity contribution in [3.8, 4) is 11.1 Å². The minimum absolute atomic E-state index is 0.0645. The number of carbonyl (C=O) groups is 3. The fraction of sp³-hybridized carbons (Fsp3) is 0.0882. The minimum Gasteiger partial charge on any atom is -0.462 e. The van der Waals surface area contributed by atoms with Crippen LogP contribution in [0.2, 0.25) is 0 Å². The maximum atomic E-state index is 14.1. The second-order valence-corrected chi connectivity index (χ2v) is 11.4. The van der Waals surface area contributed by atoms with E-state index in [0.29, 0.717) is 26.7 Å². The Bertz CT molecular complexity index is 1740. The summed E-state index contributed by atoms with van der Waals surface area (Å²) >= 11 is 2.55. The van der Waals surface area contributed by atoms with Gasteiger partial charge in [-0.15, -0.1) is 23.1 Å². The molecule has 0 aliphatic heterocycles. The highest BCUT2D eigenvalue weighted by atomic mass is 32.2. The van der Waals surface area contributed by atoms with Crippen molar-refractivity contribution in [2.45, 2.75) is 17.1 Å². The Morgan fingerprint density at radius 2 is 1.56 bits per heavy atom. The van der Waals surface area contributed by atoms with Gasteiger partial charge >= 0.3 is 5.97 Å². The lowest BCUT2D eigenvalue weighted by molar-refractivity contribution is -0.115. The highest BCUT2D eigenvalue weighted by Gasteiger charge is 2.27. The third kappa shape index (κ3) is 7.20. The minimum atomic E-state index is -0.698. The second-order valence-electron chi connectivity index (χ2n) is 9.30.